The van der Waals surface area contributed by atoms with Crippen LogP contribution in [0.25, 0.3) is 0 Å². The largest absolute Gasteiger partial charge is 0.395 e. The average molecular weight is 305 g/mol. The van der Waals surface area contributed by atoms with E-state index in [1.807, 2.05) is 18.2 Å². The van der Waals surface area contributed by atoms with Gasteiger partial charge in [0.25, 0.3) is 0 Å². The fourth-order valence-electron chi connectivity index (χ4n) is 3.00. The summed E-state index contributed by atoms with van der Waals surface area (Å²) in [6.07, 6.45) is 0.988. The lowest BCUT2D eigenvalue weighted by Gasteiger charge is -2.38. The molecule has 2 N–H and O–H groups in total. The monoisotopic (exact) mass is 305 g/mol. The topological polar surface area (TPSA) is 55.8 Å². The number of nitrogens with zero attached hydrogens (tertiary/aromatic N) is 2. The molecular weight excluding hydrogens is 278 g/mol. The van der Waals surface area contributed by atoms with Gasteiger partial charge in [0.05, 0.1) is 6.61 Å². The van der Waals surface area contributed by atoms with E-state index in [2.05, 4.69) is 28.1 Å². The van der Waals surface area contributed by atoms with Gasteiger partial charge in [-0.1, -0.05) is 25.1 Å². The van der Waals surface area contributed by atoms with Crippen LogP contribution in [0.5, 0.6) is 0 Å². The maximum absolute atomic E-state index is 11.3. The average Bonchev–Trinajstić information content (AvgIpc) is 2.51. The summed E-state index contributed by atoms with van der Waals surface area (Å²) < 4.78 is 0. The second kappa shape index (κ2) is 8.27. The van der Waals surface area contributed by atoms with Crippen LogP contribution in [0.4, 0.5) is 5.69 Å². The third-order valence-corrected chi connectivity index (χ3v) is 4.33. The predicted molar refractivity (Wildman–Crippen MR) is 88.8 cm³/mol. The van der Waals surface area contributed by atoms with Crippen LogP contribution in [-0.4, -0.2) is 59.6 Å². The lowest BCUT2D eigenvalue weighted by atomic mass is 10.1. The summed E-state index contributed by atoms with van der Waals surface area (Å²) in [7, 11) is 0. The molecule has 1 saturated heterocycles. The molecule has 2 rings (SSSR count). The minimum atomic E-state index is -0.0361. The van der Waals surface area contributed by atoms with Crippen molar-refractivity contribution in [1.29, 1.82) is 0 Å². The molecule has 1 fully saturated rings. The van der Waals surface area contributed by atoms with Crippen molar-refractivity contribution in [3.8, 4) is 0 Å². The Morgan fingerprint density at radius 2 is 1.95 bits per heavy atom. The molecule has 0 radical (unpaired) electrons. The predicted octanol–water partition coefficient (Wildman–Crippen LogP) is 1.53. The zero-order valence-electron chi connectivity index (χ0n) is 13.6. The smallest absolute Gasteiger partial charge is 0.221 e. The van der Waals surface area contributed by atoms with Gasteiger partial charge in [-0.05, 0) is 18.1 Å². The van der Waals surface area contributed by atoms with E-state index in [0.29, 0.717) is 0 Å². The first kappa shape index (κ1) is 16.9. The number of para-hydroxylation sites is 1. The molecule has 122 valence electrons. The number of piperazine rings is 1. The molecule has 1 aliphatic rings. The van der Waals surface area contributed by atoms with Crippen LogP contribution in [0, 0.1) is 0 Å². The zero-order valence-corrected chi connectivity index (χ0v) is 13.6. The van der Waals surface area contributed by atoms with Crippen molar-refractivity contribution in [2.24, 2.45) is 0 Å². The highest BCUT2D eigenvalue weighted by molar-refractivity contribution is 5.89. The molecule has 5 nitrogen and oxygen atoms in total. The van der Waals surface area contributed by atoms with Gasteiger partial charge < -0.3 is 10.4 Å². The van der Waals surface area contributed by atoms with E-state index in [0.717, 1.165) is 50.4 Å². The number of amides is 1. The van der Waals surface area contributed by atoms with Crippen LogP contribution in [0.1, 0.15) is 25.8 Å². The molecule has 0 spiro atoms. The number of hydrogen-bond donors (Lipinski definition) is 2. The summed E-state index contributed by atoms with van der Waals surface area (Å²) >= 11 is 0. The van der Waals surface area contributed by atoms with Crippen molar-refractivity contribution in [2.45, 2.75) is 32.9 Å². The number of nitrogens with one attached hydrogen (secondary N) is 1. The Bertz CT molecular complexity index is 481. The van der Waals surface area contributed by atoms with Gasteiger partial charge in [-0.2, -0.15) is 0 Å². The minimum absolute atomic E-state index is 0.0361. The molecule has 1 amide bonds. The lowest BCUT2D eigenvalue weighted by Crippen LogP contribution is -2.50. The van der Waals surface area contributed by atoms with Gasteiger partial charge in [0.1, 0.15) is 0 Å². The van der Waals surface area contributed by atoms with Gasteiger partial charge in [-0.25, -0.2) is 0 Å². The molecule has 1 atom stereocenters. The Kier molecular flexibility index (Phi) is 6.36. The Hall–Kier alpha value is -1.43. The van der Waals surface area contributed by atoms with Crippen molar-refractivity contribution in [2.75, 3.05) is 38.1 Å². The normalized spacial score (nSPS) is 18.1. The Balaban J connectivity index is 1.92. The number of hydrogen-bond acceptors (Lipinski definition) is 4. The first-order chi connectivity index (χ1) is 10.6. The summed E-state index contributed by atoms with van der Waals surface area (Å²) in [5.74, 6) is -0.0361. The third kappa shape index (κ3) is 4.53. The van der Waals surface area contributed by atoms with Gasteiger partial charge in [-0.15, -0.1) is 0 Å². The minimum Gasteiger partial charge on any atom is -0.395 e. The number of aliphatic hydroxyl groups excluding tert-OH is 1. The molecule has 1 aromatic carbocycles. The Morgan fingerprint density at radius 3 is 2.55 bits per heavy atom. The molecular formula is C17H27N3O2. The van der Waals surface area contributed by atoms with Gasteiger partial charge in [0.15, 0.2) is 0 Å². The van der Waals surface area contributed by atoms with Crippen LogP contribution in [0.3, 0.4) is 0 Å². The summed E-state index contributed by atoms with van der Waals surface area (Å²) in [6.45, 7) is 8.70. The Labute approximate surface area is 132 Å². The maximum Gasteiger partial charge on any atom is 0.221 e. The quantitative estimate of drug-likeness (QED) is 0.837. The fourth-order valence-corrected chi connectivity index (χ4v) is 3.00. The second-order valence-electron chi connectivity index (χ2n) is 5.90. The highest BCUT2D eigenvalue weighted by atomic mass is 16.3. The van der Waals surface area contributed by atoms with E-state index in [-0.39, 0.29) is 18.6 Å². The molecule has 0 aromatic heterocycles. The van der Waals surface area contributed by atoms with Crippen LogP contribution < -0.4 is 5.32 Å². The Morgan fingerprint density at radius 1 is 1.27 bits per heavy atom. The zero-order chi connectivity index (χ0) is 15.9. The molecule has 22 heavy (non-hydrogen) atoms. The molecule has 1 aliphatic heterocycles. The van der Waals surface area contributed by atoms with Gasteiger partial charge in [-0.3, -0.25) is 14.6 Å². The number of anilines is 1. The number of aliphatic hydroxyl groups is 1. The number of carbonyl (C=O) groups excluding carboxylic acids is 1. The molecule has 5 heteroatoms. The van der Waals surface area contributed by atoms with E-state index in [1.165, 1.54) is 6.92 Å². The molecule has 0 bridgehead atoms. The van der Waals surface area contributed by atoms with Crippen molar-refractivity contribution < 1.29 is 9.90 Å². The van der Waals surface area contributed by atoms with Gasteiger partial charge in [0.2, 0.25) is 5.91 Å². The third-order valence-electron chi connectivity index (χ3n) is 4.33. The summed E-state index contributed by atoms with van der Waals surface area (Å²) in [6, 6.07) is 8.26. The van der Waals surface area contributed by atoms with Crippen LogP contribution in [-0.2, 0) is 11.3 Å². The lowest BCUT2D eigenvalue weighted by molar-refractivity contribution is -0.114. The molecule has 0 saturated carbocycles. The van der Waals surface area contributed by atoms with Gasteiger partial charge >= 0.3 is 0 Å². The fraction of sp³-hybridized carbons (Fsp3) is 0.588. The summed E-state index contributed by atoms with van der Waals surface area (Å²) in [4.78, 5) is 16.1. The number of benzene rings is 1. The SMILES string of the molecule is CCC(CO)N1CCN(Cc2ccccc2NC(C)=O)CC1. The van der Waals surface area contributed by atoms with Crippen LogP contribution in [0.2, 0.25) is 0 Å². The van der Waals surface area contributed by atoms with Crippen molar-refractivity contribution in [3.05, 3.63) is 29.8 Å². The molecule has 0 aliphatic carbocycles. The first-order valence-corrected chi connectivity index (χ1v) is 8.06. The van der Waals surface area contributed by atoms with E-state index in [4.69, 9.17) is 0 Å². The van der Waals surface area contributed by atoms with Gasteiger partial charge in [0, 0.05) is 51.4 Å². The van der Waals surface area contributed by atoms with E-state index in [1.54, 1.807) is 0 Å². The maximum atomic E-state index is 11.3. The highest BCUT2D eigenvalue weighted by Crippen LogP contribution is 2.19. The first-order valence-electron chi connectivity index (χ1n) is 8.06. The van der Waals surface area contributed by atoms with Crippen molar-refractivity contribution >= 4 is 11.6 Å². The van der Waals surface area contributed by atoms with Crippen LogP contribution >= 0.6 is 0 Å². The number of rotatable bonds is 6. The molecule has 1 heterocycles. The van der Waals surface area contributed by atoms with E-state index < -0.39 is 0 Å². The van der Waals surface area contributed by atoms with E-state index in [9.17, 15) is 9.90 Å². The standard InChI is InChI=1S/C17H27N3O2/c1-3-16(13-21)20-10-8-19(9-11-20)12-15-6-4-5-7-17(15)18-14(2)22/h4-7,16,21H,3,8-13H2,1-2H3,(H,18,22). The number of carbonyl (C=O) groups is 1. The van der Waals surface area contributed by atoms with Crippen molar-refractivity contribution in [3.63, 3.8) is 0 Å². The highest BCUT2D eigenvalue weighted by Gasteiger charge is 2.22. The summed E-state index contributed by atoms with van der Waals surface area (Å²) in [5.41, 5.74) is 2.06. The van der Waals surface area contributed by atoms with E-state index >= 15 is 0 Å². The molecule has 1 aromatic rings. The summed E-state index contributed by atoms with van der Waals surface area (Å²) in [5, 5.41) is 12.3. The molecule has 1 unspecified atom stereocenters. The van der Waals surface area contributed by atoms with Crippen molar-refractivity contribution in [1.82, 2.24) is 9.80 Å². The van der Waals surface area contributed by atoms with Crippen LogP contribution in [0.15, 0.2) is 24.3 Å². The second-order valence-corrected chi connectivity index (χ2v) is 5.90.